The maximum absolute atomic E-state index is 5.12. The number of hydrogen-bond donors (Lipinski definition) is 1. The van der Waals surface area contributed by atoms with Crippen molar-refractivity contribution in [3.63, 3.8) is 0 Å². The molecule has 2 N–H and O–H groups in total. The van der Waals surface area contributed by atoms with E-state index in [4.69, 9.17) is 5.84 Å². The van der Waals surface area contributed by atoms with Crippen molar-refractivity contribution in [1.82, 2.24) is 4.90 Å². The van der Waals surface area contributed by atoms with Crippen molar-refractivity contribution in [2.45, 2.75) is 33.2 Å². The van der Waals surface area contributed by atoms with E-state index in [1.807, 2.05) is 0 Å². The van der Waals surface area contributed by atoms with E-state index in [0.717, 1.165) is 12.1 Å². The fourth-order valence-electron chi connectivity index (χ4n) is 1.96. The highest BCUT2D eigenvalue weighted by Gasteiger charge is 2.03. The highest BCUT2D eigenvalue weighted by molar-refractivity contribution is 5.79. The zero-order chi connectivity index (χ0) is 12.5. The lowest BCUT2D eigenvalue weighted by molar-refractivity contribution is 0.266. The van der Waals surface area contributed by atoms with Gasteiger partial charge in [-0.25, -0.2) is 0 Å². The first-order valence-electron chi connectivity index (χ1n) is 6.34. The summed E-state index contributed by atoms with van der Waals surface area (Å²) in [4.78, 5) is 2.49. The molecule has 0 aliphatic heterocycles. The van der Waals surface area contributed by atoms with Gasteiger partial charge < -0.3 is 5.84 Å². The molecular formula is C14H23N3. The third-order valence-electron chi connectivity index (χ3n) is 2.69. The Morgan fingerprint density at radius 3 is 2.18 bits per heavy atom. The molecule has 0 radical (unpaired) electrons. The number of nitrogens with two attached hydrogens (primary N) is 1. The van der Waals surface area contributed by atoms with Gasteiger partial charge in [0, 0.05) is 6.54 Å². The summed E-state index contributed by atoms with van der Waals surface area (Å²) in [5.74, 6) is 5.12. The smallest absolute Gasteiger partial charge is 0.0538 e. The molecule has 0 aromatic heterocycles. The fourth-order valence-corrected chi connectivity index (χ4v) is 1.96. The molecule has 0 saturated carbocycles. The van der Waals surface area contributed by atoms with Crippen molar-refractivity contribution in [1.29, 1.82) is 0 Å². The Bertz CT molecular complexity index is 324. The summed E-state index contributed by atoms with van der Waals surface area (Å²) < 4.78 is 0. The van der Waals surface area contributed by atoms with E-state index in [-0.39, 0.29) is 0 Å². The average molecular weight is 233 g/mol. The third-order valence-corrected chi connectivity index (χ3v) is 2.69. The summed E-state index contributed by atoms with van der Waals surface area (Å²) in [5.41, 5.74) is 2.40. The monoisotopic (exact) mass is 233 g/mol. The molecule has 0 unspecified atom stereocenters. The minimum absolute atomic E-state index is 1.03. The van der Waals surface area contributed by atoms with Gasteiger partial charge in [0.25, 0.3) is 0 Å². The lowest BCUT2D eigenvalue weighted by atomic mass is 10.1. The molecule has 0 amide bonds. The standard InChI is InChI=1S/C14H23N3/c1-3-9-17(10-4-2)12-14-7-5-13(6-8-14)11-16-15/h5-8,11H,3-4,9-10,12,15H2,1-2H3. The second kappa shape index (κ2) is 7.85. The minimum Gasteiger partial charge on any atom is -0.323 e. The van der Waals surface area contributed by atoms with E-state index in [1.165, 1.54) is 31.5 Å². The zero-order valence-electron chi connectivity index (χ0n) is 10.9. The Hall–Kier alpha value is -1.35. The SMILES string of the molecule is CCCN(CCC)Cc1ccc(C=NN)cc1. The van der Waals surface area contributed by atoms with Crippen molar-refractivity contribution in [3.8, 4) is 0 Å². The molecule has 0 bridgehead atoms. The molecule has 0 atom stereocenters. The Morgan fingerprint density at radius 1 is 1.12 bits per heavy atom. The molecule has 1 aromatic rings. The maximum atomic E-state index is 5.12. The fraction of sp³-hybridized carbons (Fsp3) is 0.500. The van der Waals surface area contributed by atoms with Crippen LogP contribution < -0.4 is 5.84 Å². The van der Waals surface area contributed by atoms with Gasteiger partial charge >= 0.3 is 0 Å². The first kappa shape index (κ1) is 13.7. The third kappa shape index (κ3) is 5.00. The van der Waals surface area contributed by atoms with E-state index in [1.54, 1.807) is 6.21 Å². The highest BCUT2D eigenvalue weighted by Crippen LogP contribution is 2.07. The topological polar surface area (TPSA) is 41.6 Å². The molecule has 3 nitrogen and oxygen atoms in total. The van der Waals surface area contributed by atoms with Crippen molar-refractivity contribution in [2.24, 2.45) is 10.9 Å². The van der Waals surface area contributed by atoms with Gasteiger partial charge in [-0.05, 0) is 37.1 Å². The molecule has 94 valence electrons. The normalized spacial score (nSPS) is 11.5. The van der Waals surface area contributed by atoms with Gasteiger partial charge in [-0.1, -0.05) is 38.1 Å². The van der Waals surface area contributed by atoms with Crippen LogP contribution >= 0.6 is 0 Å². The number of benzene rings is 1. The molecule has 0 aliphatic carbocycles. The highest BCUT2D eigenvalue weighted by atomic mass is 15.1. The second-order valence-corrected chi connectivity index (χ2v) is 4.30. The second-order valence-electron chi connectivity index (χ2n) is 4.30. The van der Waals surface area contributed by atoms with Crippen LogP contribution in [0.25, 0.3) is 0 Å². The Morgan fingerprint density at radius 2 is 1.71 bits per heavy atom. The minimum atomic E-state index is 1.03. The average Bonchev–Trinajstić information content (AvgIpc) is 2.33. The summed E-state index contributed by atoms with van der Waals surface area (Å²) in [7, 11) is 0. The van der Waals surface area contributed by atoms with Crippen molar-refractivity contribution in [2.75, 3.05) is 13.1 Å². The molecule has 3 heteroatoms. The van der Waals surface area contributed by atoms with Crippen LogP contribution in [0.3, 0.4) is 0 Å². The molecule has 0 fully saturated rings. The van der Waals surface area contributed by atoms with Crippen LogP contribution in [0.4, 0.5) is 0 Å². The molecule has 1 aromatic carbocycles. The van der Waals surface area contributed by atoms with Gasteiger partial charge in [0.15, 0.2) is 0 Å². The first-order valence-corrected chi connectivity index (χ1v) is 6.34. The van der Waals surface area contributed by atoms with Crippen LogP contribution in [0.15, 0.2) is 29.4 Å². The van der Waals surface area contributed by atoms with Crippen LogP contribution in [0.1, 0.15) is 37.8 Å². The predicted molar refractivity (Wildman–Crippen MR) is 74.1 cm³/mol. The Kier molecular flexibility index (Phi) is 6.33. The van der Waals surface area contributed by atoms with Crippen LogP contribution in [-0.2, 0) is 6.54 Å². The Balaban J connectivity index is 2.59. The van der Waals surface area contributed by atoms with Gasteiger partial charge in [-0.2, -0.15) is 5.10 Å². The summed E-state index contributed by atoms with van der Waals surface area (Å²) >= 11 is 0. The van der Waals surface area contributed by atoms with Gasteiger partial charge in [0.2, 0.25) is 0 Å². The van der Waals surface area contributed by atoms with Gasteiger partial charge in [-0.3, -0.25) is 4.90 Å². The van der Waals surface area contributed by atoms with E-state index in [9.17, 15) is 0 Å². The quantitative estimate of drug-likeness (QED) is 0.447. The van der Waals surface area contributed by atoms with E-state index < -0.39 is 0 Å². The summed E-state index contributed by atoms with van der Waals surface area (Å²) in [6.45, 7) is 7.81. The molecule has 0 spiro atoms. The largest absolute Gasteiger partial charge is 0.323 e. The summed E-state index contributed by atoms with van der Waals surface area (Å²) in [6, 6.07) is 8.41. The van der Waals surface area contributed by atoms with Gasteiger partial charge in [0.05, 0.1) is 6.21 Å². The van der Waals surface area contributed by atoms with Gasteiger partial charge in [0.1, 0.15) is 0 Å². The predicted octanol–water partition coefficient (Wildman–Crippen LogP) is 2.60. The number of nitrogens with zero attached hydrogens (tertiary/aromatic N) is 2. The van der Waals surface area contributed by atoms with Crippen molar-refractivity contribution >= 4 is 6.21 Å². The van der Waals surface area contributed by atoms with E-state index in [2.05, 4.69) is 48.1 Å². The number of hydrogen-bond acceptors (Lipinski definition) is 3. The Labute approximate surface area is 104 Å². The molecule has 0 heterocycles. The summed E-state index contributed by atoms with van der Waals surface area (Å²) in [6.07, 6.45) is 4.08. The molecular weight excluding hydrogens is 210 g/mol. The van der Waals surface area contributed by atoms with Crippen LogP contribution in [0.2, 0.25) is 0 Å². The number of rotatable bonds is 7. The molecule has 0 saturated heterocycles. The van der Waals surface area contributed by atoms with Crippen LogP contribution in [0.5, 0.6) is 0 Å². The van der Waals surface area contributed by atoms with Crippen molar-refractivity contribution in [3.05, 3.63) is 35.4 Å². The van der Waals surface area contributed by atoms with Crippen LogP contribution in [-0.4, -0.2) is 24.2 Å². The molecule has 17 heavy (non-hydrogen) atoms. The molecule has 0 aliphatic rings. The van der Waals surface area contributed by atoms with E-state index in [0.29, 0.717) is 0 Å². The lowest BCUT2D eigenvalue weighted by Crippen LogP contribution is -2.24. The summed E-state index contributed by atoms with van der Waals surface area (Å²) in [5, 5.41) is 3.52. The first-order chi connectivity index (χ1) is 8.30. The zero-order valence-corrected chi connectivity index (χ0v) is 10.9. The van der Waals surface area contributed by atoms with Crippen molar-refractivity contribution < 1.29 is 0 Å². The van der Waals surface area contributed by atoms with Gasteiger partial charge in [-0.15, -0.1) is 0 Å². The lowest BCUT2D eigenvalue weighted by Gasteiger charge is -2.20. The number of hydrazone groups is 1. The van der Waals surface area contributed by atoms with E-state index >= 15 is 0 Å². The van der Waals surface area contributed by atoms with Crippen LogP contribution in [0, 0.1) is 0 Å². The maximum Gasteiger partial charge on any atom is 0.0538 e. The molecule has 1 rings (SSSR count).